The van der Waals surface area contributed by atoms with E-state index in [1.807, 2.05) is 45.2 Å². The molecule has 7 heteroatoms. The van der Waals surface area contributed by atoms with Crippen LogP contribution in [0, 0.1) is 5.92 Å². The van der Waals surface area contributed by atoms with Crippen LogP contribution < -0.4 is 10.6 Å². The van der Waals surface area contributed by atoms with E-state index in [1.165, 1.54) is 0 Å². The van der Waals surface area contributed by atoms with Crippen LogP contribution in [0.3, 0.4) is 0 Å². The Labute approximate surface area is 137 Å². The molecule has 2 atom stereocenters. The summed E-state index contributed by atoms with van der Waals surface area (Å²) in [5, 5.41) is 5.97. The van der Waals surface area contributed by atoms with Gasteiger partial charge in [0.1, 0.15) is 5.82 Å². The molecular formula is C14H22Cl2N4O. The van der Waals surface area contributed by atoms with E-state index in [-0.39, 0.29) is 42.7 Å². The molecule has 0 spiro atoms. The van der Waals surface area contributed by atoms with Crippen LogP contribution in [-0.2, 0) is 4.79 Å². The number of nitrogens with one attached hydrogen (secondary N) is 3. The predicted molar refractivity (Wildman–Crippen MR) is 90.2 cm³/mol. The maximum absolute atomic E-state index is 11.9. The molecule has 1 amide bonds. The number of carbonyl (C=O) groups excluding carboxylic acids is 1. The van der Waals surface area contributed by atoms with Crippen molar-refractivity contribution in [3.63, 3.8) is 0 Å². The highest BCUT2D eigenvalue weighted by Gasteiger charge is 2.17. The molecule has 5 nitrogen and oxygen atoms in total. The van der Waals surface area contributed by atoms with Crippen molar-refractivity contribution in [3.05, 3.63) is 30.1 Å². The highest BCUT2D eigenvalue weighted by atomic mass is 35.5. The fourth-order valence-electron chi connectivity index (χ4n) is 2.00. The molecule has 1 aromatic heterocycles. The van der Waals surface area contributed by atoms with Gasteiger partial charge in [-0.3, -0.25) is 4.79 Å². The smallest absolute Gasteiger partial charge is 0.224 e. The number of H-pyrrole nitrogens is 1. The van der Waals surface area contributed by atoms with E-state index < -0.39 is 0 Å². The number of aromatic amines is 1. The zero-order valence-corrected chi connectivity index (χ0v) is 14.0. The van der Waals surface area contributed by atoms with E-state index in [4.69, 9.17) is 0 Å². The van der Waals surface area contributed by atoms with Crippen molar-refractivity contribution in [3.8, 4) is 0 Å². The first-order valence-electron chi connectivity index (χ1n) is 6.51. The van der Waals surface area contributed by atoms with E-state index >= 15 is 0 Å². The molecule has 0 aliphatic rings. The van der Waals surface area contributed by atoms with Gasteiger partial charge in [-0.1, -0.05) is 19.1 Å². The highest BCUT2D eigenvalue weighted by Crippen LogP contribution is 2.15. The fourth-order valence-corrected chi connectivity index (χ4v) is 2.00. The number of hydrogen-bond acceptors (Lipinski definition) is 3. The van der Waals surface area contributed by atoms with Gasteiger partial charge in [0.2, 0.25) is 5.91 Å². The van der Waals surface area contributed by atoms with Crippen LogP contribution >= 0.6 is 24.8 Å². The monoisotopic (exact) mass is 332 g/mol. The van der Waals surface area contributed by atoms with Crippen LogP contribution in [0.15, 0.2) is 24.3 Å². The van der Waals surface area contributed by atoms with Gasteiger partial charge < -0.3 is 15.6 Å². The summed E-state index contributed by atoms with van der Waals surface area (Å²) in [7, 11) is 1.84. The molecule has 0 aliphatic heterocycles. The maximum atomic E-state index is 11.9. The van der Waals surface area contributed by atoms with E-state index in [9.17, 15) is 4.79 Å². The topological polar surface area (TPSA) is 69.8 Å². The second kappa shape index (κ2) is 8.87. The lowest BCUT2D eigenvalue weighted by Gasteiger charge is -2.15. The van der Waals surface area contributed by atoms with Crippen molar-refractivity contribution >= 4 is 41.8 Å². The van der Waals surface area contributed by atoms with E-state index in [2.05, 4.69) is 20.6 Å². The Balaban J connectivity index is 0.00000200. The van der Waals surface area contributed by atoms with Gasteiger partial charge in [0, 0.05) is 12.5 Å². The molecule has 1 aromatic carbocycles. The van der Waals surface area contributed by atoms with Crippen LogP contribution in [0.4, 0.5) is 0 Å². The third-order valence-corrected chi connectivity index (χ3v) is 3.13. The van der Waals surface area contributed by atoms with Crippen LogP contribution in [-0.4, -0.2) is 29.5 Å². The molecule has 0 fully saturated rings. The largest absolute Gasteiger partial charge is 0.346 e. The van der Waals surface area contributed by atoms with Gasteiger partial charge >= 0.3 is 0 Å². The molecule has 0 saturated carbocycles. The van der Waals surface area contributed by atoms with Crippen molar-refractivity contribution in [2.75, 3.05) is 13.6 Å². The van der Waals surface area contributed by atoms with Gasteiger partial charge in [0.15, 0.2) is 0 Å². The number of imidazole rings is 1. The van der Waals surface area contributed by atoms with Crippen molar-refractivity contribution in [2.24, 2.45) is 5.92 Å². The minimum absolute atomic E-state index is 0. The number of amides is 1. The summed E-state index contributed by atoms with van der Waals surface area (Å²) in [6.45, 7) is 4.50. The van der Waals surface area contributed by atoms with Gasteiger partial charge in [-0.05, 0) is 26.1 Å². The first kappa shape index (κ1) is 19.7. The van der Waals surface area contributed by atoms with E-state index in [0.717, 1.165) is 16.9 Å². The SMILES string of the molecule is CNCC(C)C(=O)NC(C)c1nc2ccccc2[nH]1.Cl.Cl. The van der Waals surface area contributed by atoms with Crippen LogP contribution in [0.25, 0.3) is 11.0 Å². The number of benzene rings is 1. The second-order valence-corrected chi connectivity index (χ2v) is 4.83. The Morgan fingerprint density at radius 3 is 2.57 bits per heavy atom. The molecule has 0 aliphatic carbocycles. The fraction of sp³-hybridized carbons (Fsp3) is 0.429. The Morgan fingerprint density at radius 1 is 1.29 bits per heavy atom. The zero-order chi connectivity index (χ0) is 13.8. The number of hydrogen-bond donors (Lipinski definition) is 3. The molecule has 3 N–H and O–H groups in total. The Hall–Kier alpha value is -1.30. The van der Waals surface area contributed by atoms with Crippen molar-refractivity contribution in [1.29, 1.82) is 0 Å². The Morgan fingerprint density at radius 2 is 1.95 bits per heavy atom. The summed E-state index contributed by atoms with van der Waals surface area (Å²) < 4.78 is 0. The number of aromatic nitrogens is 2. The molecule has 0 bridgehead atoms. The summed E-state index contributed by atoms with van der Waals surface area (Å²) in [6.07, 6.45) is 0. The molecule has 1 heterocycles. The average molecular weight is 333 g/mol. The van der Waals surface area contributed by atoms with Crippen molar-refractivity contribution in [1.82, 2.24) is 20.6 Å². The molecular weight excluding hydrogens is 311 g/mol. The normalized spacial score (nSPS) is 12.9. The number of halogens is 2. The number of nitrogens with zero attached hydrogens (tertiary/aromatic N) is 1. The summed E-state index contributed by atoms with van der Waals surface area (Å²) in [5.41, 5.74) is 1.91. The highest BCUT2D eigenvalue weighted by molar-refractivity contribution is 5.85. The lowest BCUT2D eigenvalue weighted by molar-refractivity contribution is -0.125. The molecule has 2 rings (SSSR count). The summed E-state index contributed by atoms with van der Waals surface area (Å²) >= 11 is 0. The number of para-hydroxylation sites is 2. The first-order chi connectivity index (χ1) is 9.11. The number of rotatable bonds is 5. The van der Waals surface area contributed by atoms with Gasteiger partial charge in [-0.2, -0.15) is 0 Å². The van der Waals surface area contributed by atoms with Gasteiger partial charge in [-0.15, -0.1) is 24.8 Å². The molecule has 21 heavy (non-hydrogen) atoms. The van der Waals surface area contributed by atoms with E-state index in [0.29, 0.717) is 6.54 Å². The molecule has 118 valence electrons. The average Bonchev–Trinajstić information content (AvgIpc) is 2.82. The van der Waals surface area contributed by atoms with Crippen LogP contribution in [0.1, 0.15) is 25.7 Å². The lowest BCUT2D eigenvalue weighted by Crippen LogP contribution is -2.36. The van der Waals surface area contributed by atoms with Gasteiger partial charge in [0.25, 0.3) is 0 Å². The van der Waals surface area contributed by atoms with Crippen LogP contribution in [0.5, 0.6) is 0 Å². The lowest BCUT2D eigenvalue weighted by atomic mass is 10.1. The standard InChI is InChI=1S/C14H20N4O.2ClH/c1-9(8-15-3)14(19)16-10(2)13-17-11-6-4-5-7-12(11)18-13;;/h4-7,9-10,15H,8H2,1-3H3,(H,16,19)(H,17,18);2*1H. The summed E-state index contributed by atoms with van der Waals surface area (Å²) in [5.74, 6) is 0.755. The Kier molecular flexibility index (Phi) is 8.32. The van der Waals surface area contributed by atoms with Crippen molar-refractivity contribution < 1.29 is 4.79 Å². The molecule has 0 radical (unpaired) electrons. The van der Waals surface area contributed by atoms with Crippen molar-refractivity contribution in [2.45, 2.75) is 19.9 Å². The minimum Gasteiger partial charge on any atom is -0.346 e. The maximum Gasteiger partial charge on any atom is 0.224 e. The zero-order valence-electron chi connectivity index (χ0n) is 12.3. The third-order valence-electron chi connectivity index (χ3n) is 3.13. The predicted octanol–water partition coefficient (Wildman–Crippen LogP) is 2.44. The number of fused-ring (bicyclic) bond motifs is 1. The first-order valence-corrected chi connectivity index (χ1v) is 6.51. The number of carbonyl (C=O) groups is 1. The molecule has 2 aromatic rings. The summed E-state index contributed by atoms with van der Waals surface area (Å²) in [4.78, 5) is 19.7. The van der Waals surface area contributed by atoms with Gasteiger partial charge in [0.05, 0.1) is 17.1 Å². The van der Waals surface area contributed by atoms with Gasteiger partial charge in [-0.25, -0.2) is 4.98 Å². The minimum atomic E-state index is -0.126. The second-order valence-electron chi connectivity index (χ2n) is 4.83. The Bertz CT molecular complexity index is 540. The quantitative estimate of drug-likeness (QED) is 0.787. The summed E-state index contributed by atoms with van der Waals surface area (Å²) in [6, 6.07) is 7.71. The van der Waals surface area contributed by atoms with E-state index in [1.54, 1.807) is 0 Å². The molecule has 2 unspecified atom stereocenters. The third kappa shape index (κ3) is 4.88. The molecule has 0 saturated heterocycles. The van der Waals surface area contributed by atoms with Crippen LogP contribution in [0.2, 0.25) is 0 Å².